The van der Waals surface area contributed by atoms with Crippen LogP contribution in [-0.4, -0.2) is 19.6 Å². The second kappa shape index (κ2) is 11.2. The Hall–Kier alpha value is -7.63. The Bertz CT molecular complexity index is 3450. The van der Waals surface area contributed by atoms with Gasteiger partial charge < -0.3 is 4.42 Å². The SMILES string of the molecule is c1cc(-c2ccc3c(c2)-c2ccccc2C32c3ccccc3-c3ccccc32)cc(-c2nc3nc(-c4ccc5c(c4)oc4ccccc45)c4ccccc4n3n2)c1. The molecule has 11 aromatic rings. The molecule has 8 aromatic carbocycles. The lowest BCUT2D eigenvalue weighted by Gasteiger charge is -2.30. The summed E-state index contributed by atoms with van der Waals surface area (Å²) in [5.74, 6) is 1.18. The molecule has 5 heteroatoms. The summed E-state index contributed by atoms with van der Waals surface area (Å²) in [5, 5.41) is 8.25. The highest BCUT2D eigenvalue weighted by molar-refractivity contribution is 6.07. The predicted molar refractivity (Wildman–Crippen MR) is 228 cm³/mol. The zero-order chi connectivity index (χ0) is 37.2. The molecule has 0 fully saturated rings. The van der Waals surface area contributed by atoms with Crippen LogP contribution in [0.2, 0.25) is 0 Å². The molecule has 0 bridgehead atoms. The average Bonchev–Trinajstić information content (AvgIpc) is 4.03. The zero-order valence-corrected chi connectivity index (χ0v) is 30.5. The van der Waals surface area contributed by atoms with Crippen molar-refractivity contribution in [1.82, 2.24) is 19.6 Å². The molecule has 1 spiro atoms. The van der Waals surface area contributed by atoms with Crippen molar-refractivity contribution in [3.63, 3.8) is 0 Å². The van der Waals surface area contributed by atoms with E-state index in [0.29, 0.717) is 11.6 Å². The number of nitrogens with zero attached hydrogens (tertiary/aromatic N) is 4. The van der Waals surface area contributed by atoms with E-state index >= 15 is 0 Å². The molecule has 0 saturated heterocycles. The van der Waals surface area contributed by atoms with E-state index in [4.69, 9.17) is 19.5 Å². The second-order valence-electron chi connectivity index (χ2n) is 15.2. The molecule has 0 unspecified atom stereocenters. The van der Waals surface area contributed by atoms with Crippen LogP contribution in [0.1, 0.15) is 22.3 Å². The smallest absolute Gasteiger partial charge is 0.253 e. The van der Waals surface area contributed by atoms with Crippen LogP contribution in [0.15, 0.2) is 186 Å². The number of para-hydroxylation sites is 2. The van der Waals surface area contributed by atoms with E-state index in [1.54, 1.807) is 0 Å². The first-order chi connectivity index (χ1) is 28.2. The van der Waals surface area contributed by atoms with Crippen molar-refractivity contribution in [3.8, 4) is 56.0 Å². The van der Waals surface area contributed by atoms with Gasteiger partial charge >= 0.3 is 0 Å². The summed E-state index contributed by atoms with van der Waals surface area (Å²) in [6, 6.07) is 65.2. The molecule has 57 heavy (non-hydrogen) atoms. The van der Waals surface area contributed by atoms with Gasteiger partial charge in [-0.25, -0.2) is 4.98 Å². The molecule has 5 nitrogen and oxygen atoms in total. The number of rotatable bonds is 3. The molecule has 0 atom stereocenters. The molecule has 0 radical (unpaired) electrons. The van der Waals surface area contributed by atoms with Crippen LogP contribution in [0.25, 0.3) is 94.6 Å². The van der Waals surface area contributed by atoms with Gasteiger partial charge in [-0.1, -0.05) is 146 Å². The fourth-order valence-electron chi connectivity index (χ4n) is 9.89. The number of aromatic nitrogens is 4. The van der Waals surface area contributed by atoms with Gasteiger partial charge in [-0.15, -0.1) is 5.10 Å². The van der Waals surface area contributed by atoms with Crippen LogP contribution in [0, 0.1) is 0 Å². The van der Waals surface area contributed by atoms with E-state index < -0.39 is 0 Å². The maximum atomic E-state index is 6.26. The van der Waals surface area contributed by atoms with Crippen LogP contribution in [0.3, 0.4) is 0 Å². The minimum Gasteiger partial charge on any atom is -0.456 e. The third-order valence-corrected chi connectivity index (χ3v) is 12.3. The van der Waals surface area contributed by atoms with Crippen molar-refractivity contribution in [1.29, 1.82) is 0 Å². The average molecular weight is 727 g/mol. The van der Waals surface area contributed by atoms with Crippen molar-refractivity contribution in [2.75, 3.05) is 0 Å². The Kier molecular flexibility index (Phi) is 6.04. The van der Waals surface area contributed by atoms with Gasteiger partial charge in [0, 0.05) is 27.3 Å². The van der Waals surface area contributed by atoms with Gasteiger partial charge in [-0.3, -0.25) is 0 Å². The van der Waals surface area contributed by atoms with E-state index in [9.17, 15) is 0 Å². The van der Waals surface area contributed by atoms with E-state index in [1.807, 2.05) is 34.8 Å². The summed E-state index contributed by atoms with van der Waals surface area (Å²) >= 11 is 0. The standard InChI is InChI=1S/C52H30N4O/c1-6-19-42-35(14-1)36-15-2-7-20-43(36)52(42)44-21-8-3-16-37(44)41-29-32(25-27-45(41)52)31-12-11-13-34(28-31)50-54-51-53-49(40-18-4-9-22-46(40)56(51)55-50)33-24-26-39-38-17-5-10-23-47(38)57-48(39)30-33/h1-30H. The van der Waals surface area contributed by atoms with Crippen LogP contribution in [0.4, 0.5) is 0 Å². The van der Waals surface area contributed by atoms with Crippen molar-refractivity contribution < 1.29 is 4.42 Å². The van der Waals surface area contributed by atoms with Gasteiger partial charge in [-0.05, 0) is 92.0 Å². The molecule has 0 amide bonds. The summed E-state index contributed by atoms with van der Waals surface area (Å²) in [6.45, 7) is 0. The zero-order valence-electron chi connectivity index (χ0n) is 30.5. The van der Waals surface area contributed by atoms with Gasteiger partial charge in [0.15, 0.2) is 5.82 Å². The van der Waals surface area contributed by atoms with Crippen molar-refractivity contribution in [3.05, 3.63) is 204 Å². The third kappa shape index (κ3) is 4.09. The second-order valence-corrected chi connectivity index (χ2v) is 15.2. The normalized spacial score (nSPS) is 13.4. The summed E-state index contributed by atoms with van der Waals surface area (Å²) in [4.78, 5) is 10.2. The number of benzene rings is 8. The Morgan fingerprint density at radius 2 is 1.00 bits per heavy atom. The van der Waals surface area contributed by atoms with Crippen LogP contribution in [-0.2, 0) is 5.41 Å². The molecule has 2 aliphatic carbocycles. The maximum absolute atomic E-state index is 6.26. The maximum Gasteiger partial charge on any atom is 0.253 e. The van der Waals surface area contributed by atoms with Crippen molar-refractivity contribution in [2.24, 2.45) is 0 Å². The summed E-state index contributed by atoms with van der Waals surface area (Å²) in [5.41, 5.74) is 17.9. The largest absolute Gasteiger partial charge is 0.456 e. The highest BCUT2D eigenvalue weighted by Crippen LogP contribution is 2.63. The number of furan rings is 1. The van der Waals surface area contributed by atoms with Gasteiger partial charge in [0.05, 0.1) is 16.6 Å². The van der Waals surface area contributed by atoms with E-state index in [2.05, 4.69) is 152 Å². The van der Waals surface area contributed by atoms with Gasteiger partial charge in [0.1, 0.15) is 11.2 Å². The summed E-state index contributed by atoms with van der Waals surface area (Å²) < 4.78 is 8.12. The lowest BCUT2D eigenvalue weighted by Crippen LogP contribution is -2.25. The molecule has 0 N–H and O–H groups in total. The monoisotopic (exact) mass is 726 g/mol. The molecule has 3 aromatic heterocycles. The Morgan fingerprint density at radius 3 is 1.79 bits per heavy atom. The van der Waals surface area contributed by atoms with E-state index in [1.165, 1.54) is 44.5 Å². The Balaban J connectivity index is 0.935. The minimum atomic E-state index is -0.355. The summed E-state index contributed by atoms with van der Waals surface area (Å²) in [6.07, 6.45) is 0. The molecular formula is C52H30N4O. The van der Waals surface area contributed by atoms with Gasteiger partial charge in [-0.2, -0.15) is 9.50 Å². The van der Waals surface area contributed by atoms with Crippen LogP contribution in [0.5, 0.6) is 0 Å². The fourth-order valence-corrected chi connectivity index (χ4v) is 9.89. The molecular weight excluding hydrogens is 697 g/mol. The quantitative estimate of drug-likeness (QED) is 0.182. The van der Waals surface area contributed by atoms with Crippen LogP contribution < -0.4 is 0 Å². The molecule has 264 valence electrons. The molecule has 13 rings (SSSR count). The Morgan fingerprint density at radius 1 is 0.404 bits per heavy atom. The fraction of sp³-hybridized carbons (Fsp3) is 0.0192. The highest BCUT2D eigenvalue weighted by Gasteiger charge is 2.51. The van der Waals surface area contributed by atoms with E-state index in [0.717, 1.165) is 60.8 Å². The van der Waals surface area contributed by atoms with Crippen LogP contribution >= 0.6 is 0 Å². The predicted octanol–water partition coefficient (Wildman–Crippen LogP) is 12.5. The molecule has 0 aliphatic heterocycles. The van der Waals surface area contributed by atoms with Gasteiger partial charge in [0.2, 0.25) is 0 Å². The minimum absolute atomic E-state index is 0.355. The van der Waals surface area contributed by atoms with E-state index in [-0.39, 0.29) is 5.41 Å². The first-order valence-corrected chi connectivity index (χ1v) is 19.4. The summed E-state index contributed by atoms with van der Waals surface area (Å²) in [7, 11) is 0. The number of hydrogen-bond acceptors (Lipinski definition) is 4. The first-order valence-electron chi connectivity index (χ1n) is 19.4. The van der Waals surface area contributed by atoms with Gasteiger partial charge in [0.25, 0.3) is 5.78 Å². The third-order valence-electron chi connectivity index (χ3n) is 12.3. The first kappa shape index (κ1) is 30.7. The number of fused-ring (bicyclic) bond motifs is 16. The van der Waals surface area contributed by atoms with Crippen molar-refractivity contribution >= 4 is 38.6 Å². The highest BCUT2D eigenvalue weighted by atomic mass is 16.3. The lowest BCUT2D eigenvalue weighted by molar-refractivity contribution is 0.669. The van der Waals surface area contributed by atoms with Crippen molar-refractivity contribution in [2.45, 2.75) is 5.41 Å². The molecule has 3 heterocycles. The lowest BCUT2D eigenvalue weighted by atomic mass is 9.70. The molecule has 2 aliphatic rings. The molecule has 0 saturated carbocycles. The topological polar surface area (TPSA) is 56.2 Å². The Labute approximate surface area is 327 Å². The number of hydrogen-bond donors (Lipinski definition) is 0.